The van der Waals surface area contributed by atoms with Crippen molar-refractivity contribution < 1.29 is 23.4 Å². The molecule has 0 unspecified atom stereocenters. The number of rotatable bonds is 8. The molecule has 5 nitrogen and oxygen atoms in total. The molecule has 0 aliphatic heterocycles. The third-order valence-electron chi connectivity index (χ3n) is 3.74. The zero-order valence-electron chi connectivity index (χ0n) is 14.6. The van der Waals surface area contributed by atoms with Crippen LogP contribution >= 0.6 is 0 Å². The fourth-order valence-corrected chi connectivity index (χ4v) is 2.48. The first kappa shape index (κ1) is 18.6. The van der Waals surface area contributed by atoms with Crippen LogP contribution < -0.4 is 19.5 Å². The van der Waals surface area contributed by atoms with E-state index in [2.05, 4.69) is 5.32 Å². The maximum Gasteiger partial charge on any atom is 0.220 e. The van der Waals surface area contributed by atoms with Crippen molar-refractivity contribution in [2.24, 2.45) is 0 Å². The van der Waals surface area contributed by atoms with E-state index < -0.39 is 0 Å². The SMILES string of the molecule is COc1cc(CNC(=O)CCc2cccc(F)c2)cc(OC)c1OC. The second-order valence-electron chi connectivity index (χ2n) is 5.44. The topological polar surface area (TPSA) is 56.8 Å². The number of amides is 1. The van der Waals surface area contributed by atoms with Crippen LogP contribution in [0.5, 0.6) is 17.2 Å². The average molecular weight is 347 g/mol. The fourth-order valence-electron chi connectivity index (χ4n) is 2.48. The maximum absolute atomic E-state index is 13.1. The molecule has 0 aliphatic carbocycles. The number of methoxy groups -OCH3 is 3. The van der Waals surface area contributed by atoms with Crippen molar-refractivity contribution >= 4 is 5.91 Å². The predicted octanol–water partition coefficient (Wildman–Crippen LogP) is 3.10. The first-order chi connectivity index (χ1) is 12.1. The van der Waals surface area contributed by atoms with Gasteiger partial charge in [0.05, 0.1) is 21.3 Å². The number of hydrogen-bond donors (Lipinski definition) is 1. The summed E-state index contributed by atoms with van der Waals surface area (Å²) in [5, 5.41) is 2.84. The van der Waals surface area contributed by atoms with Crippen molar-refractivity contribution in [3.8, 4) is 17.2 Å². The minimum atomic E-state index is -0.296. The number of carbonyl (C=O) groups excluding carboxylic acids is 1. The zero-order valence-corrected chi connectivity index (χ0v) is 14.6. The lowest BCUT2D eigenvalue weighted by Crippen LogP contribution is -2.23. The van der Waals surface area contributed by atoms with Crippen molar-refractivity contribution in [2.75, 3.05) is 21.3 Å². The second-order valence-corrected chi connectivity index (χ2v) is 5.44. The van der Waals surface area contributed by atoms with Gasteiger partial charge in [-0.2, -0.15) is 0 Å². The standard InChI is InChI=1S/C19H22FNO4/c1-23-16-10-14(11-17(24-2)19(16)25-3)12-21-18(22)8-7-13-5-4-6-15(20)9-13/h4-6,9-11H,7-8,12H2,1-3H3,(H,21,22). The van der Waals surface area contributed by atoms with Gasteiger partial charge in [0.2, 0.25) is 11.7 Å². The molecule has 0 saturated carbocycles. The van der Waals surface area contributed by atoms with Gasteiger partial charge in [-0.05, 0) is 41.8 Å². The molecule has 25 heavy (non-hydrogen) atoms. The van der Waals surface area contributed by atoms with Crippen LogP contribution in [0.25, 0.3) is 0 Å². The molecule has 134 valence electrons. The normalized spacial score (nSPS) is 10.2. The van der Waals surface area contributed by atoms with Crippen LogP contribution in [0.4, 0.5) is 4.39 Å². The van der Waals surface area contributed by atoms with Gasteiger partial charge in [0.15, 0.2) is 11.5 Å². The minimum absolute atomic E-state index is 0.113. The van der Waals surface area contributed by atoms with E-state index in [1.54, 1.807) is 38.5 Å². The number of carbonyl (C=O) groups is 1. The van der Waals surface area contributed by atoms with Crippen LogP contribution in [-0.4, -0.2) is 27.2 Å². The summed E-state index contributed by atoms with van der Waals surface area (Å²) in [6.07, 6.45) is 0.771. The molecule has 0 spiro atoms. The molecule has 0 radical (unpaired) electrons. The summed E-state index contributed by atoms with van der Waals surface area (Å²) < 4.78 is 29.0. The minimum Gasteiger partial charge on any atom is -0.493 e. The van der Waals surface area contributed by atoms with Crippen LogP contribution in [0.15, 0.2) is 36.4 Å². The summed E-state index contributed by atoms with van der Waals surface area (Å²) >= 11 is 0. The molecule has 2 rings (SSSR count). The highest BCUT2D eigenvalue weighted by Gasteiger charge is 2.13. The van der Waals surface area contributed by atoms with E-state index in [0.29, 0.717) is 30.2 Å². The first-order valence-electron chi connectivity index (χ1n) is 7.87. The number of nitrogens with one attached hydrogen (secondary N) is 1. The van der Waals surface area contributed by atoms with Crippen LogP contribution in [-0.2, 0) is 17.8 Å². The lowest BCUT2D eigenvalue weighted by molar-refractivity contribution is -0.121. The smallest absolute Gasteiger partial charge is 0.220 e. The average Bonchev–Trinajstić information content (AvgIpc) is 2.63. The molecule has 0 aliphatic rings. The van der Waals surface area contributed by atoms with Gasteiger partial charge in [-0.15, -0.1) is 0 Å². The Hall–Kier alpha value is -2.76. The van der Waals surface area contributed by atoms with Crippen LogP contribution in [0.3, 0.4) is 0 Å². The molecule has 2 aromatic carbocycles. The summed E-state index contributed by atoms with van der Waals surface area (Å²) in [5.41, 5.74) is 1.62. The summed E-state index contributed by atoms with van der Waals surface area (Å²) in [4.78, 5) is 12.0. The molecule has 2 aromatic rings. The zero-order chi connectivity index (χ0) is 18.2. The van der Waals surface area contributed by atoms with Gasteiger partial charge in [0.25, 0.3) is 0 Å². The van der Waals surface area contributed by atoms with Gasteiger partial charge in [0, 0.05) is 13.0 Å². The molecule has 0 saturated heterocycles. The molecule has 0 aromatic heterocycles. The van der Waals surface area contributed by atoms with E-state index in [4.69, 9.17) is 14.2 Å². The van der Waals surface area contributed by atoms with Crippen LogP contribution in [0.1, 0.15) is 17.5 Å². The molecule has 0 fully saturated rings. The number of benzene rings is 2. The van der Waals surface area contributed by atoms with E-state index in [9.17, 15) is 9.18 Å². The van der Waals surface area contributed by atoms with Crippen molar-refractivity contribution in [1.82, 2.24) is 5.32 Å². The highest BCUT2D eigenvalue weighted by Crippen LogP contribution is 2.38. The Kier molecular flexibility index (Phi) is 6.62. The van der Waals surface area contributed by atoms with E-state index in [-0.39, 0.29) is 18.1 Å². The van der Waals surface area contributed by atoms with Crippen molar-refractivity contribution in [3.63, 3.8) is 0 Å². The third kappa shape index (κ3) is 5.11. The van der Waals surface area contributed by atoms with E-state index in [1.165, 1.54) is 19.2 Å². The largest absolute Gasteiger partial charge is 0.493 e. The maximum atomic E-state index is 13.1. The molecule has 1 N–H and O–H groups in total. The van der Waals surface area contributed by atoms with Gasteiger partial charge in [-0.3, -0.25) is 4.79 Å². The Morgan fingerprint density at radius 2 is 1.68 bits per heavy atom. The van der Waals surface area contributed by atoms with E-state index >= 15 is 0 Å². The molecule has 0 heterocycles. The molecule has 0 bridgehead atoms. The Morgan fingerprint density at radius 1 is 1.00 bits per heavy atom. The summed E-state index contributed by atoms with van der Waals surface area (Å²) in [5.74, 6) is 1.16. The van der Waals surface area contributed by atoms with Crippen molar-refractivity contribution in [1.29, 1.82) is 0 Å². The lowest BCUT2D eigenvalue weighted by Gasteiger charge is -2.14. The van der Waals surface area contributed by atoms with Gasteiger partial charge < -0.3 is 19.5 Å². The summed E-state index contributed by atoms with van der Waals surface area (Å²) in [6, 6.07) is 9.83. The summed E-state index contributed by atoms with van der Waals surface area (Å²) in [7, 11) is 4.62. The van der Waals surface area contributed by atoms with Crippen LogP contribution in [0.2, 0.25) is 0 Å². The van der Waals surface area contributed by atoms with Crippen molar-refractivity contribution in [2.45, 2.75) is 19.4 Å². The molecular weight excluding hydrogens is 325 g/mol. The van der Waals surface area contributed by atoms with Gasteiger partial charge in [0.1, 0.15) is 5.82 Å². The van der Waals surface area contributed by atoms with Gasteiger partial charge in [-0.1, -0.05) is 12.1 Å². The monoisotopic (exact) mass is 347 g/mol. The van der Waals surface area contributed by atoms with Crippen LogP contribution in [0, 0.1) is 5.82 Å². The second kappa shape index (κ2) is 8.92. The third-order valence-corrected chi connectivity index (χ3v) is 3.74. The molecule has 1 amide bonds. The summed E-state index contributed by atoms with van der Waals surface area (Å²) in [6.45, 7) is 0.332. The number of hydrogen-bond acceptors (Lipinski definition) is 4. The Bertz CT molecular complexity index is 708. The molecule has 6 heteroatoms. The Balaban J connectivity index is 1.95. The first-order valence-corrected chi connectivity index (χ1v) is 7.87. The van der Waals surface area contributed by atoms with Crippen molar-refractivity contribution in [3.05, 3.63) is 53.3 Å². The Morgan fingerprint density at radius 3 is 2.24 bits per heavy atom. The Labute approximate surface area is 146 Å². The molecular formula is C19H22FNO4. The number of ether oxygens (including phenoxy) is 3. The van der Waals surface area contributed by atoms with Gasteiger partial charge >= 0.3 is 0 Å². The quantitative estimate of drug-likeness (QED) is 0.797. The number of halogens is 1. The van der Waals surface area contributed by atoms with E-state index in [1.807, 2.05) is 0 Å². The molecule has 0 atom stereocenters. The van der Waals surface area contributed by atoms with E-state index in [0.717, 1.165) is 11.1 Å². The number of aryl methyl sites for hydroxylation is 1. The predicted molar refractivity (Wildman–Crippen MR) is 92.7 cm³/mol. The van der Waals surface area contributed by atoms with Gasteiger partial charge in [-0.25, -0.2) is 4.39 Å². The lowest BCUT2D eigenvalue weighted by atomic mass is 10.1. The highest BCUT2D eigenvalue weighted by molar-refractivity contribution is 5.76. The fraction of sp³-hybridized carbons (Fsp3) is 0.316. The highest BCUT2D eigenvalue weighted by atomic mass is 19.1.